The molecule has 2 nitrogen and oxygen atoms in total. The Bertz CT molecular complexity index is 1640. The third kappa shape index (κ3) is 2.57. The molecule has 0 unspecified atom stereocenters. The number of para-hydroxylation sites is 4. The maximum atomic E-state index is 2.44. The number of benzene rings is 5. The summed E-state index contributed by atoms with van der Waals surface area (Å²) in [7, 11) is 0. The van der Waals surface area contributed by atoms with Gasteiger partial charge in [-0.3, -0.25) is 0 Å². The third-order valence-electron chi connectivity index (χ3n) is 7.23. The van der Waals surface area contributed by atoms with Crippen molar-refractivity contribution in [3.8, 4) is 11.4 Å². The minimum atomic E-state index is 1.20. The molecule has 5 aromatic carbocycles. The van der Waals surface area contributed by atoms with Crippen molar-refractivity contribution in [2.75, 3.05) is 0 Å². The zero-order valence-corrected chi connectivity index (χ0v) is 19.3. The van der Waals surface area contributed by atoms with Crippen molar-refractivity contribution in [2.45, 2.75) is 13.8 Å². The Kier molecular flexibility index (Phi) is 4.01. The van der Waals surface area contributed by atoms with Crippen molar-refractivity contribution in [1.82, 2.24) is 9.13 Å². The summed E-state index contributed by atoms with van der Waals surface area (Å²) in [5.74, 6) is 0. The highest BCUT2D eigenvalue weighted by Gasteiger charge is 2.19. The first-order valence-electron chi connectivity index (χ1n) is 11.8. The minimum Gasteiger partial charge on any atom is -0.307 e. The van der Waals surface area contributed by atoms with E-state index in [0.29, 0.717) is 0 Å². The van der Waals surface area contributed by atoms with E-state index >= 15 is 0 Å². The van der Waals surface area contributed by atoms with Gasteiger partial charge in [-0.25, -0.2) is 0 Å². The second-order valence-corrected chi connectivity index (χ2v) is 9.16. The molecule has 0 atom stereocenters. The van der Waals surface area contributed by atoms with E-state index in [0.717, 1.165) is 0 Å². The average molecular weight is 437 g/mol. The van der Waals surface area contributed by atoms with Crippen molar-refractivity contribution in [2.24, 2.45) is 0 Å². The van der Waals surface area contributed by atoms with Gasteiger partial charge in [-0.2, -0.15) is 0 Å². The van der Waals surface area contributed by atoms with Crippen molar-refractivity contribution in [3.05, 3.63) is 120 Å². The number of nitrogens with zero attached hydrogens (tertiary/aromatic N) is 2. The van der Waals surface area contributed by atoms with Crippen LogP contribution in [0.15, 0.2) is 109 Å². The SMILES string of the molecule is Cc1cc(-n2c3ccccc3c3ccccc32)c(-n2c3ccccc3c3ccccc32)cc1C. The Labute approximate surface area is 198 Å². The van der Waals surface area contributed by atoms with Crippen LogP contribution in [-0.4, -0.2) is 9.13 Å². The van der Waals surface area contributed by atoms with Crippen LogP contribution in [0.5, 0.6) is 0 Å². The van der Waals surface area contributed by atoms with Crippen LogP contribution in [0, 0.1) is 13.8 Å². The smallest absolute Gasteiger partial charge is 0.0705 e. The molecule has 7 rings (SSSR count). The molecule has 2 aromatic heterocycles. The maximum Gasteiger partial charge on any atom is 0.0705 e. The van der Waals surface area contributed by atoms with E-state index < -0.39 is 0 Å². The number of hydrogen-bond acceptors (Lipinski definition) is 0. The van der Waals surface area contributed by atoms with Gasteiger partial charge in [0.2, 0.25) is 0 Å². The monoisotopic (exact) mass is 436 g/mol. The summed E-state index contributed by atoms with van der Waals surface area (Å²) in [5.41, 5.74) is 9.91. The lowest BCUT2D eigenvalue weighted by Gasteiger charge is -2.19. The van der Waals surface area contributed by atoms with E-state index in [1.54, 1.807) is 0 Å². The zero-order valence-electron chi connectivity index (χ0n) is 19.3. The van der Waals surface area contributed by atoms with Crippen LogP contribution in [0.3, 0.4) is 0 Å². The van der Waals surface area contributed by atoms with Gasteiger partial charge in [0.15, 0.2) is 0 Å². The highest BCUT2D eigenvalue weighted by Crippen LogP contribution is 2.38. The lowest BCUT2D eigenvalue weighted by molar-refractivity contribution is 1.08. The lowest BCUT2D eigenvalue weighted by atomic mass is 10.1. The van der Waals surface area contributed by atoms with Gasteiger partial charge in [-0.1, -0.05) is 72.8 Å². The zero-order chi connectivity index (χ0) is 22.8. The van der Waals surface area contributed by atoms with E-state index in [-0.39, 0.29) is 0 Å². The summed E-state index contributed by atoms with van der Waals surface area (Å²) in [5, 5.41) is 5.13. The standard InChI is InChI=1S/C32H24N2/c1-21-19-31(33-27-15-7-3-11-23(27)24-12-4-8-16-28(24)33)32(20-22(21)2)34-29-17-9-5-13-25(29)26-14-6-10-18-30(26)34/h3-20H,1-2H3. The number of aromatic nitrogens is 2. The first-order chi connectivity index (χ1) is 16.7. The highest BCUT2D eigenvalue weighted by atomic mass is 15.1. The molecule has 34 heavy (non-hydrogen) atoms. The molecular formula is C32H24N2. The Morgan fingerprint density at radius 3 is 0.941 bits per heavy atom. The number of hydrogen-bond donors (Lipinski definition) is 0. The largest absolute Gasteiger partial charge is 0.307 e. The summed E-state index contributed by atoms with van der Waals surface area (Å²) in [6.45, 7) is 4.42. The van der Waals surface area contributed by atoms with Crippen LogP contribution in [0.25, 0.3) is 55.0 Å². The predicted molar refractivity (Wildman–Crippen MR) is 145 cm³/mol. The molecule has 0 aliphatic heterocycles. The third-order valence-corrected chi connectivity index (χ3v) is 7.23. The summed E-state index contributed by atoms with van der Waals surface area (Å²) in [4.78, 5) is 0. The molecule has 0 radical (unpaired) electrons. The van der Waals surface area contributed by atoms with E-state index in [1.165, 1.54) is 66.1 Å². The van der Waals surface area contributed by atoms with E-state index in [9.17, 15) is 0 Å². The van der Waals surface area contributed by atoms with Gasteiger partial charge in [-0.15, -0.1) is 0 Å². The van der Waals surface area contributed by atoms with Gasteiger partial charge >= 0.3 is 0 Å². The minimum absolute atomic E-state index is 1.20. The van der Waals surface area contributed by atoms with Crippen molar-refractivity contribution in [3.63, 3.8) is 0 Å². The topological polar surface area (TPSA) is 9.86 Å². The average Bonchev–Trinajstić information content (AvgIpc) is 3.39. The van der Waals surface area contributed by atoms with Crippen molar-refractivity contribution in [1.29, 1.82) is 0 Å². The van der Waals surface area contributed by atoms with Crippen LogP contribution in [0.1, 0.15) is 11.1 Å². The van der Waals surface area contributed by atoms with Gasteiger partial charge in [0.25, 0.3) is 0 Å². The maximum absolute atomic E-state index is 2.44. The fraction of sp³-hybridized carbons (Fsp3) is 0.0625. The van der Waals surface area contributed by atoms with Gasteiger partial charge in [0.1, 0.15) is 0 Å². The summed E-state index contributed by atoms with van der Waals surface area (Å²) >= 11 is 0. The fourth-order valence-electron chi connectivity index (χ4n) is 5.51. The predicted octanol–water partition coefficient (Wildman–Crippen LogP) is 8.50. The van der Waals surface area contributed by atoms with Crippen LogP contribution >= 0.6 is 0 Å². The molecule has 0 saturated heterocycles. The molecule has 2 heterocycles. The normalized spacial score (nSPS) is 11.8. The van der Waals surface area contributed by atoms with E-state index in [1.807, 2.05) is 0 Å². The molecule has 0 N–H and O–H groups in total. The highest BCUT2D eigenvalue weighted by molar-refractivity contribution is 6.11. The molecule has 0 fully saturated rings. The Morgan fingerprint density at radius 1 is 0.382 bits per heavy atom. The second kappa shape index (κ2) is 7.10. The first-order valence-corrected chi connectivity index (χ1v) is 11.8. The first kappa shape index (κ1) is 19.2. The summed E-state index contributed by atoms with van der Waals surface area (Å²) < 4.78 is 4.88. The van der Waals surface area contributed by atoms with Gasteiger partial charge in [0, 0.05) is 21.5 Å². The lowest BCUT2D eigenvalue weighted by Crippen LogP contribution is -2.05. The molecule has 0 bridgehead atoms. The quantitative estimate of drug-likeness (QED) is 0.257. The molecule has 0 aliphatic rings. The number of rotatable bonds is 2. The fourth-order valence-corrected chi connectivity index (χ4v) is 5.51. The van der Waals surface area contributed by atoms with Gasteiger partial charge < -0.3 is 9.13 Å². The summed E-state index contributed by atoms with van der Waals surface area (Å²) in [6, 6.07) is 39.7. The van der Waals surface area contributed by atoms with Crippen LogP contribution in [0.4, 0.5) is 0 Å². The van der Waals surface area contributed by atoms with Crippen molar-refractivity contribution >= 4 is 43.6 Å². The molecule has 7 aromatic rings. The second-order valence-electron chi connectivity index (χ2n) is 9.16. The Morgan fingerprint density at radius 2 is 0.647 bits per heavy atom. The van der Waals surface area contributed by atoms with E-state index in [4.69, 9.17) is 0 Å². The van der Waals surface area contributed by atoms with E-state index in [2.05, 4.69) is 132 Å². The molecule has 0 saturated carbocycles. The number of fused-ring (bicyclic) bond motifs is 6. The molecule has 0 aliphatic carbocycles. The van der Waals surface area contributed by atoms with Crippen molar-refractivity contribution < 1.29 is 0 Å². The van der Waals surface area contributed by atoms with Crippen LogP contribution < -0.4 is 0 Å². The summed E-state index contributed by atoms with van der Waals surface area (Å²) in [6.07, 6.45) is 0. The molecule has 162 valence electrons. The molecule has 0 spiro atoms. The van der Waals surface area contributed by atoms with Gasteiger partial charge in [0.05, 0.1) is 33.4 Å². The molecular weight excluding hydrogens is 412 g/mol. The van der Waals surface area contributed by atoms with Gasteiger partial charge in [-0.05, 0) is 61.4 Å². The van der Waals surface area contributed by atoms with Crippen LogP contribution in [0.2, 0.25) is 0 Å². The Hall–Kier alpha value is -4.30. The number of aryl methyl sites for hydroxylation is 2. The van der Waals surface area contributed by atoms with Crippen LogP contribution in [-0.2, 0) is 0 Å². The molecule has 0 amide bonds. The molecule has 2 heteroatoms. The Balaban J connectivity index is 1.69.